The van der Waals surface area contributed by atoms with Crippen LogP contribution in [-0.4, -0.2) is 34.7 Å². The molecule has 1 N–H and O–H groups in total. The molecule has 2 aromatic heterocycles. The van der Waals surface area contributed by atoms with Crippen LogP contribution in [0.3, 0.4) is 0 Å². The van der Waals surface area contributed by atoms with Crippen LogP contribution in [-0.2, 0) is 44.2 Å². The van der Waals surface area contributed by atoms with Crippen molar-refractivity contribution in [2.75, 3.05) is 7.11 Å². The molecule has 12 heteroatoms. The van der Waals surface area contributed by atoms with Crippen LogP contribution >= 0.6 is 0 Å². The summed E-state index contributed by atoms with van der Waals surface area (Å²) < 4.78 is 66.9. The summed E-state index contributed by atoms with van der Waals surface area (Å²) in [5, 5.41) is 2.58. The number of methoxy groups -OCH3 is 1. The Bertz CT molecular complexity index is 1670. The van der Waals surface area contributed by atoms with Gasteiger partial charge in [0.2, 0.25) is 0 Å². The Balaban J connectivity index is 0.00000165. The van der Waals surface area contributed by atoms with Crippen molar-refractivity contribution in [2.45, 2.75) is 77.9 Å². The number of halogens is 4. The molecular formula is C29H29F4N3O5. The number of aromatic nitrogens is 2. The van der Waals surface area contributed by atoms with Gasteiger partial charge in [0.05, 0.1) is 35.1 Å². The summed E-state index contributed by atoms with van der Waals surface area (Å²) in [7, 11) is 1.34. The lowest BCUT2D eigenvalue weighted by Gasteiger charge is -2.35. The molecule has 4 heterocycles. The second-order valence-corrected chi connectivity index (χ2v) is 10.0. The molecule has 0 saturated heterocycles. The second kappa shape index (κ2) is 9.93. The summed E-state index contributed by atoms with van der Waals surface area (Å²) in [6.45, 7) is 7.03. The zero-order valence-corrected chi connectivity index (χ0v) is 23.2. The largest absolute Gasteiger partial charge is 0.471 e. The number of fused-ring (bicyclic) bond motifs is 5. The molecule has 6 rings (SSSR count). The quantitative estimate of drug-likeness (QED) is 0.276. The van der Waals surface area contributed by atoms with E-state index in [-0.39, 0.29) is 49.2 Å². The van der Waals surface area contributed by atoms with Crippen LogP contribution in [0, 0.1) is 12.7 Å². The highest BCUT2D eigenvalue weighted by atomic mass is 19.4. The number of nitrogens with one attached hydrogen (secondary N) is 1. The molecule has 0 radical (unpaired) electrons. The Kier molecular flexibility index (Phi) is 6.96. The van der Waals surface area contributed by atoms with Gasteiger partial charge in [0.15, 0.2) is 5.60 Å². The van der Waals surface area contributed by atoms with E-state index in [1.807, 2.05) is 13.8 Å². The van der Waals surface area contributed by atoms with Gasteiger partial charge in [-0.3, -0.25) is 9.59 Å². The highest BCUT2D eigenvalue weighted by Gasteiger charge is 2.48. The van der Waals surface area contributed by atoms with Crippen LogP contribution < -0.4 is 10.9 Å². The Labute approximate surface area is 232 Å². The number of pyridine rings is 2. The van der Waals surface area contributed by atoms with E-state index in [0.717, 1.165) is 0 Å². The average molecular weight is 576 g/mol. The maximum atomic E-state index is 14.9. The molecule has 2 atom stereocenters. The third kappa shape index (κ3) is 4.05. The predicted octanol–water partition coefficient (Wildman–Crippen LogP) is 4.87. The van der Waals surface area contributed by atoms with Crippen LogP contribution in [0.2, 0.25) is 0 Å². The van der Waals surface area contributed by atoms with Crippen molar-refractivity contribution in [3.63, 3.8) is 0 Å². The van der Waals surface area contributed by atoms with E-state index < -0.39 is 41.1 Å². The molecule has 41 heavy (non-hydrogen) atoms. The molecule has 218 valence electrons. The normalized spacial score (nSPS) is 20.4. The van der Waals surface area contributed by atoms with E-state index in [1.165, 1.54) is 17.7 Å². The van der Waals surface area contributed by atoms with Crippen molar-refractivity contribution < 1.29 is 36.6 Å². The first-order valence-corrected chi connectivity index (χ1v) is 13.4. The molecule has 3 aliphatic rings. The number of rotatable bonds is 3. The van der Waals surface area contributed by atoms with Gasteiger partial charge in [0.1, 0.15) is 12.4 Å². The van der Waals surface area contributed by atoms with Crippen molar-refractivity contribution in [1.82, 2.24) is 14.9 Å². The summed E-state index contributed by atoms with van der Waals surface area (Å²) in [5.41, 5.74) is 1.23. The Morgan fingerprint density at radius 2 is 1.93 bits per heavy atom. The third-order valence-corrected chi connectivity index (χ3v) is 8.26. The molecule has 0 spiro atoms. The van der Waals surface area contributed by atoms with E-state index >= 15 is 0 Å². The molecule has 0 saturated carbocycles. The molecular weight excluding hydrogens is 546 g/mol. The number of cyclic esters (lactones) is 1. The minimum atomic E-state index is -5.09. The molecule has 1 amide bonds. The lowest BCUT2D eigenvalue weighted by Crippen LogP contribution is -2.45. The van der Waals surface area contributed by atoms with Gasteiger partial charge in [-0.15, -0.1) is 0 Å². The van der Waals surface area contributed by atoms with E-state index in [2.05, 4.69) is 10.3 Å². The summed E-state index contributed by atoms with van der Waals surface area (Å²) in [6.07, 6.45) is -4.56. The van der Waals surface area contributed by atoms with Gasteiger partial charge < -0.3 is 19.4 Å². The van der Waals surface area contributed by atoms with Gasteiger partial charge in [-0.2, -0.15) is 13.2 Å². The molecule has 1 aromatic carbocycles. The first kappa shape index (κ1) is 28.7. The number of carbonyl (C=O) groups is 2. The number of hydrogen-bond acceptors (Lipinski definition) is 6. The number of benzene rings is 1. The predicted molar refractivity (Wildman–Crippen MR) is 141 cm³/mol. The fraction of sp³-hybridized carbons (Fsp3) is 0.448. The number of ether oxygens (including phenoxy) is 2. The molecule has 2 unspecified atom stereocenters. The number of alkyl halides is 3. The fourth-order valence-corrected chi connectivity index (χ4v) is 6.27. The summed E-state index contributed by atoms with van der Waals surface area (Å²) >= 11 is 0. The van der Waals surface area contributed by atoms with Gasteiger partial charge >= 0.3 is 18.1 Å². The lowest BCUT2D eigenvalue weighted by atomic mass is 9.81. The van der Waals surface area contributed by atoms with E-state index in [9.17, 15) is 31.9 Å². The summed E-state index contributed by atoms with van der Waals surface area (Å²) in [6, 6.07) is 1.81. The Morgan fingerprint density at radius 3 is 2.56 bits per heavy atom. The minimum Gasteiger partial charge on any atom is -0.458 e. The van der Waals surface area contributed by atoms with Crippen LogP contribution in [0.1, 0.15) is 73.0 Å². The summed E-state index contributed by atoms with van der Waals surface area (Å²) in [4.78, 5) is 43.1. The minimum absolute atomic E-state index is 0.0244. The Morgan fingerprint density at radius 1 is 1.22 bits per heavy atom. The smallest absolute Gasteiger partial charge is 0.458 e. The summed E-state index contributed by atoms with van der Waals surface area (Å²) in [5.74, 6) is -3.23. The highest BCUT2D eigenvalue weighted by Crippen LogP contribution is 2.46. The maximum absolute atomic E-state index is 14.9. The number of aryl methyl sites for hydroxylation is 1. The first-order chi connectivity index (χ1) is 19.4. The van der Waals surface area contributed by atoms with Crippen LogP contribution in [0.15, 0.2) is 16.9 Å². The molecule has 0 bridgehead atoms. The number of hydrogen-bond donors (Lipinski definition) is 1. The van der Waals surface area contributed by atoms with Crippen LogP contribution in [0.5, 0.6) is 0 Å². The topological polar surface area (TPSA) is 99.5 Å². The standard InChI is InChI=1S/C27H23F4N3O5.C2H6/c1-4-26(38-3)15-7-19-22-13(9-34(19)23(35)14(15)10-39-25(26)37)21-17(33-24(36)27(29,30)31)6-5-12-11(2)16(28)8-18(32-22)20(12)21;1-2/h7-8,17H,4-6,9-10H2,1-3H3,(H,33,36);1-2H3. The SMILES string of the molecule is CC.CCC1(OC)C(=O)OCc2c1cc1n(c2=O)Cc2c-1nc1cc(F)c(C)c3c1c2C(NC(=O)C(F)(F)F)CC3. The molecule has 1 aliphatic carbocycles. The third-order valence-electron chi connectivity index (χ3n) is 8.26. The van der Waals surface area contributed by atoms with Crippen LogP contribution in [0.25, 0.3) is 22.3 Å². The molecule has 2 aliphatic heterocycles. The van der Waals surface area contributed by atoms with Crippen molar-refractivity contribution in [3.05, 3.63) is 61.7 Å². The number of esters is 1. The van der Waals surface area contributed by atoms with Crippen LogP contribution in [0.4, 0.5) is 17.6 Å². The van der Waals surface area contributed by atoms with E-state index in [0.29, 0.717) is 38.9 Å². The number of nitrogens with zero attached hydrogens (tertiary/aromatic N) is 2. The van der Waals surface area contributed by atoms with Gasteiger partial charge in [-0.05, 0) is 48.9 Å². The van der Waals surface area contributed by atoms with Gasteiger partial charge in [0.25, 0.3) is 5.56 Å². The molecule has 3 aromatic rings. The lowest BCUT2D eigenvalue weighted by molar-refractivity contribution is -0.176. The second-order valence-electron chi connectivity index (χ2n) is 10.0. The van der Waals surface area contributed by atoms with Crippen molar-refractivity contribution in [1.29, 1.82) is 0 Å². The van der Waals surface area contributed by atoms with E-state index in [1.54, 1.807) is 19.9 Å². The fourth-order valence-electron chi connectivity index (χ4n) is 6.27. The average Bonchev–Trinajstić information content (AvgIpc) is 3.31. The van der Waals surface area contributed by atoms with Crippen molar-refractivity contribution in [2.24, 2.45) is 0 Å². The van der Waals surface area contributed by atoms with Crippen molar-refractivity contribution in [3.8, 4) is 11.4 Å². The maximum Gasteiger partial charge on any atom is 0.471 e. The zero-order chi connectivity index (χ0) is 30.0. The van der Waals surface area contributed by atoms with E-state index in [4.69, 9.17) is 9.47 Å². The number of amides is 1. The van der Waals surface area contributed by atoms with Gasteiger partial charge in [-0.25, -0.2) is 14.2 Å². The first-order valence-electron chi connectivity index (χ1n) is 13.4. The Hall–Kier alpha value is -3.80. The highest BCUT2D eigenvalue weighted by molar-refractivity contribution is 5.94. The monoisotopic (exact) mass is 575 g/mol. The molecule has 8 nitrogen and oxygen atoms in total. The van der Waals surface area contributed by atoms with Crippen molar-refractivity contribution >= 4 is 22.8 Å². The number of carbonyl (C=O) groups excluding carboxylic acids is 2. The zero-order valence-electron chi connectivity index (χ0n) is 23.2. The molecule has 0 fully saturated rings. The van der Waals surface area contributed by atoms with Gasteiger partial charge in [-0.1, -0.05) is 20.8 Å². The van der Waals surface area contributed by atoms with Gasteiger partial charge in [0, 0.05) is 29.7 Å².